The molecule has 0 spiro atoms. The molecule has 2 heterocycles. The molecule has 1 saturated heterocycles. The van der Waals surface area contributed by atoms with Crippen LogP contribution in [0.3, 0.4) is 0 Å². The van der Waals surface area contributed by atoms with Crippen LogP contribution in [0.1, 0.15) is 42.7 Å². The molecule has 0 saturated carbocycles. The zero-order valence-corrected chi connectivity index (χ0v) is 18.6. The maximum atomic E-state index is 6.59. The Kier molecular flexibility index (Phi) is 5.66. The van der Waals surface area contributed by atoms with E-state index < -0.39 is 0 Å². The molecule has 0 radical (unpaired) electrons. The Morgan fingerprint density at radius 1 is 0.781 bits per heavy atom. The highest BCUT2D eigenvalue weighted by Gasteiger charge is 2.41. The van der Waals surface area contributed by atoms with Crippen molar-refractivity contribution in [3.63, 3.8) is 0 Å². The van der Waals surface area contributed by atoms with Crippen LogP contribution in [0.15, 0.2) is 66.7 Å². The van der Waals surface area contributed by atoms with Gasteiger partial charge in [-0.05, 0) is 52.8 Å². The molecular formula is C27H28O5. The van der Waals surface area contributed by atoms with Crippen LogP contribution in [0.2, 0.25) is 0 Å². The predicted molar refractivity (Wildman–Crippen MR) is 121 cm³/mol. The van der Waals surface area contributed by atoms with Gasteiger partial charge in [0, 0.05) is 0 Å². The second kappa shape index (κ2) is 8.75. The molecule has 4 atom stereocenters. The summed E-state index contributed by atoms with van der Waals surface area (Å²) in [5.41, 5.74) is 3.33. The minimum absolute atomic E-state index is 0.00972. The van der Waals surface area contributed by atoms with Gasteiger partial charge >= 0.3 is 0 Å². The fourth-order valence-corrected chi connectivity index (χ4v) is 4.53. The van der Waals surface area contributed by atoms with E-state index >= 15 is 0 Å². The average molecular weight is 433 g/mol. The number of hydrogen-bond acceptors (Lipinski definition) is 5. The van der Waals surface area contributed by atoms with Crippen molar-refractivity contribution in [1.29, 1.82) is 0 Å². The molecule has 2 aliphatic rings. The Morgan fingerprint density at radius 3 is 2.22 bits per heavy atom. The van der Waals surface area contributed by atoms with Crippen molar-refractivity contribution >= 4 is 0 Å². The monoisotopic (exact) mass is 432 g/mol. The Balaban J connectivity index is 1.34. The minimum Gasteiger partial charge on any atom is -0.493 e. The summed E-state index contributed by atoms with van der Waals surface area (Å²) in [5.74, 6) is 3.71. The van der Waals surface area contributed by atoms with Crippen LogP contribution in [0, 0.1) is 11.8 Å². The van der Waals surface area contributed by atoms with Crippen molar-refractivity contribution in [1.82, 2.24) is 0 Å². The smallest absolute Gasteiger partial charge is 0.231 e. The van der Waals surface area contributed by atoms with Gasteiger partial charge < -0.3 is 23.7 Å². The van der Waals surface area contributed by atoms with Crippen LogP contribution in [0.25, 0.3) is 0 Å². The van der Waals surface area contributed by atoms with Crippen molar-refractivity contribution in [2.45, 2.75) is 32.7 Å². The lowest BCUT2D eigenvalue weighted by atomic mass is 9.85. The van der Waals surface area contributed by atoms with E-state index in [9.17, 15) is 0 Å². The Labute approximate surface area is 188 Å². The molecule has 166 valence electrons. The zero-order valence-electron chi connectivity index (χ0n) is 18.6. The third kappa shape index (κ3) is 3.89. The standard InChI is InChI=1S/C27H28O5/c1-17-18(2)27(21-10-12-23-25(14-21)31-16-30-23)32-26(17)20-9-11-22(24(13-20)28-3)29-15-19-7-5-4-6-8-19/h4-14,17-18,26-27H,15-16H2,1-3H3/t17-,18+,26+,27+/m1/s1. The first-order chi connectivity index (χ1) is 15.6. The van der Waals surface area contributed by atoms with Gasteiger partial charge in [-0.1, -0.05) is 56.3 Å². The summed E-state index contributed by atoms with van der Waals surface area (Å²) in [6.45, 7) is 5.26. The number of hydrogen-bond donors (Lipinski definition) is 0. The summed E-state index contributed by atoms with van der Waals surface area (Å²) in [5, 5.41) is 0. The van der Waals surface area contributed by atoms with Crippen LogP contribution in [0.5, 0.6) is 23.0 Å². The van der Waals surface area contributed by atoms with Gasteiger partial charge in [-0.3, -0.25) is 0 Å². The van der Waals surface area contributed by atoms with Gasteiger partial charge in [0.25, 0.3) is 0 Å². The summed E-state index contributed by atoms with van der Waals surface area (Å²) < 4.78 is 29.3. The summed E-state index contributed by atoms with van der Waals surface area (Å²) in [7, 11) is 1.67. The second-order valence-electron chi connectivity index (χ2n) is 8.49. The minimum atomic E-state index is -0.0301. The van der Waals surface area contributed by atoms with E-state index in [-0.39, 0.29) is 19.0 Å². The molecule has 3 aromatic rings. The van der Waals surface area contributed by atoms with E-state index in [0.29, 0.717) is 24.2 Å². The number of rotatable bonds is 6. The molecule has 32 heavy (non-hydrogen) atoms. The predicted octanol–water partition coefficient (Wildman–Crippen LogP) is 6.09. The van der Waals surface area contributed by atoms with Gasteiger partial charge in [0.15, 0.2) is 23.0 Å². The van der Waals surface area contributed by atoms with Crippen molar-refractivity contribution < 1.29 is 23.7 Å². The molecule has 5 rings (SSSR count). The lowest BCUT2D eigenvalue weighted by molar-refractivity contribution is 0.0288. The number of benzene rings is 3. The van der Waals surface area contributed by atoms with Gasteiger partial charge in [0.05, 0.1) is 19.3 Å². The molecule has 0 aliphatic carbocycles. The van der Waals surface area contributed by atoms with Gasteiger partial charge in [0.2, 0.25) is 6.79 Å². The van der Waals surface area contributed by atoms with E-state index in [0.717, 1.165) is 33.9 Å². The van der Waals surface area contributed by atoms with Gasteiger partial charge in [-0.15, -0.1) is 0 Å². The van der Waals surface area contributed by atoms with Crippen LogP contribution in [0.4, 0.5) is 0 Å². The lowest BCUT2D eigenvalue weighted by Crippen LogP contribution is -2.10. The van der Waals surface area contributed by atoms with Crippen LogP contribution >= 0.6 is 0 Å². The lowest BCUT2D eigenvalue weighted by Gasteiger charge is -2.19. The molecule has 5 nitrogen and oxygen atoms in total. The third-order valence-electron chi connectivity index (χ3n) is 6.56. The summed E-state index contributed by atoms with van der Waals surface area (Å²) in [4.78, 5) is 0. The molecule has 5 heteroatoms. The second-order valence-corrected chi connectivity index (χ2v) is 8.49. The van der Waals surface area contributed by atoms with Crippen molar-refractivity contribution in [3.8, 4) is 23.0 Å². The van der Waals surface area contributed by atoms with Crippen LogP contribution in [-0.4, -0.2) is 13.9 Å². The Hall–Kier alpha value is -3.18. The number of ether oxygens (including phenoxy) is 5. The summed E-state index contributed by atoms with van der Waals surface area (Å²) in [6.07, 6.45) is -0.0398. The molecule has 0 unspecified atom stereocenters. The molecule has 0 aromatic heterocycles. The van der Waals surface area contributed by atoms with Crippen molar-refractivity contribution in [2.75, 3.05) is 13.9 Å². The van der Waals surface area contributed by atoms with Crippen LogP contribution < -0.4 is 18.9 Å². The van der Waals surface area contributed by atoms with E-state index in [1.165, 1.54) is 0 Å². The third-order valence-corrected chi connectivity index (χ3v) is 6.56. The number of fused-ring (bicyclic) bond motifs is 1. The maximum absolute atomic E-state index is 6.59. The SMILES string of the molecule is COc1cc([C@H]2O[C@H](c3ccc4c(c3)OCO4)[C@@H](C)[C@H]2C)ccc1OCc1ccccc1. The first-order valence-electron chi connectivity index (χ1n) is 11.0. The van der Waals surface area contributed by atoms with Crippen molar-refractivity contribution in [2.24, 2.45) is 11.8 Å². The molecular weight excluding hydrogens is 404 g/mol. The Morgan fingerprint density at radius 2 is 1.47 bits per heavy atom. The fourth-order valence-electron chi connectivity index (χ4n) is 4.53. The molecule has 1 fully saturated rings. The first-order valence-corrected chi connectivity index (χ1v) is 11.0. The highest BCUT2D eigenvalue weighted by Crippen LogP contribution is 2.51. The first kappa shape index (κ1) is 20.7. The molecule has 2 aliphatic heterocycles. The van der Waals surface area contributed by atoms with Crippen molar-refractivity contribution in [3.05, 3.63) is 83.4 Å². The van der Waals surface area contributed by atoms with Crippen LogP contribution in [-0.2, 0) is 11.3 Å². The largest absolute Gasteiger partial charge is 0.493 e. The normalized spacial score (nSPS) is 23.8. The highest BCUT2D eigenvalue weighted by atomic mass is 16.7. The molecule has 0 amide bonds. The maximum Gasteiger partial charge on any atom is 0.231 e. The average Bonchev–Trinajstić information content (AvgIpc) is 3.42. The number of methoxy groups -OCH3 is 1. The van der Waals surface area contributed by atoms with Gasteiger partial charge in [-0.2, -0.15) is 0 Å². The van der Waals surface area contributed by atoms with E-state index in [1.807, 2.05) is 54.6 Å². The zero-order chi connectivity index (χ0) is 22.1. The Bertz CT molecular complexity index is 1080. The topological polar surface area (TPSA) is 46.2 Å². The van der Waals surface area contributed by atoms with E-state index in [4.69, 9.17) is 23.7 Å². The fraction of sp³-hybridized carbons (Fsp3) is 0.333. The summed E-state index contributed by atoms with van der Waals surface area (Å²) >= 11 is 0. The van der Waals surface area contributed by atoms with Gasteiger partial charge in [-0.25, -0.2) is 0 Å². The quantitative estimate of drug-likeness (QED) is 0.472. The van der Waals surface area contributed by atoms with E-state index in [2.05, 4.69) is 26.0 Å². The molecule has 3 aromatic carbocycles. The molecule has 0 bridgehead atoms. The summed E-state index contributed by atoms with van der Waals surface area (Å²) in [6, 6.07) is 22.3. The highest BCUT2D eigenvalue weighted by molar-refractivity contribution is 5.46. The van der Waals surface area contributed by atoms with E-state index in [1.54, 1.807) is 7.11 Å². The molecule has 0 N–H and O–H groups in total. The van der Waals surface area contributed by atoms with Gasteiger partial charge in [0.1, 0.15) is 6.61 Å².